The summed E-state index contributed by atoms with van der Waals surface area (Å²) >= 11 is 1.46. The lowest BCUT2D eigenvalue weighted by atomic mass is 9.96. The van der Waals surface area contributed by atoms with Crippen LogP contribution in [0.1, 0.15) is 29.8 Å². The first-order valence-electron chi connectivity index (χ1n) is 10.2. The number of nitrogens with one attached hydrogen (secondary N) is 1. The molecule has 1 aliphatic rings. The zero-order valence-corrected chi connectivity index (χ0v) is 17.3. The van der Waals surface area contributed by atoms with Gasteiger partial charge in [-0.1, -0.05) is 60.7 Å². The molecule has 0 atom stereocenters. The van der Waals surface area contributed by atoms with Crippen molar-refractivity contribution in [1.29, 1.82) is 0 Å². The van der Waals surface area contributed by atoms with Crippen molar-refractivity contribution >= 4 is 22.6 Å². The Kier molecular flexibility index (Phi) is 6.52. The van der Waals surface area contributed by atoms with Crippen LogP contribution in [0.5, 0.6) is 0 Å². The molecule has 0 aliphatic carbocycles. The molecule has 3 aromatic rings. The number of carbonyl (C=O) groups is 1. The van der Waals surface area contributed by atoms with Gasteiger partial charge < -0.3 is 10.2 Å². The molecule has 4 rings (SSSR count). The molecule has 6 heteroatoms. The molecule has 0 unspecified atom stereocenters. The predicted octanol–water partition coefficient (Wildman–Crippen LogP) is 3.70. The van der Waals surface area contributed by atoms with Gasteiger partial charge in [0.15, 0.2) is 0 Å². The average Bonchev–Trinajstić information content (AvgIpc) is 3.24. The van der Waals surface area contributed by atoms with Gasteiger partial charge in [-0.15, -0.1) is 0 Å². The van der Waals surface area contributed by atoms with Gasteiger partial charge in [0, 0.05) is 43.5 Å². The summed E-state index contributed by atoms with van der Waals surface area (Å²) in [5.74, 6) is 1.15. The fraction of sp³-hybridized carbons (Fsp3) is 0.348. The van der Waals surface area contributed by atoms with Crippen LogP contribution in [-0.2, 0) is 17.6 Å². The van der Waals surface area contributed by atoms with Crippen LogP contribution >= 0.6 is 11.5 Å². The minimum absolute atomic E-state index is 0.0960. The maximum Gasteiger partial charge on any atom is 0.223 e. The molecule has 0 spiro atoms. The van der Waals surface area contributed by atoms with Gasteiger partial charge in [-0.05, 0) is 30.4 Å². The van der Waals surface area contributed by atoms with Gasteiger partial charge in [0.2, 0.25) is 11.0 Å². The second-order valence-corrected chi connectivity index (χ2v) is 8.17. The Morgan fingerprint density at radius 1 is 1.00 bits per heavy atom. The number of aromatic nitrogens is 2. The molecule has 0 bridgehead atoms. The zero-order chi connectivity index (χ0) is 19.9. The first-order chi connectivity index (χ1) is 14.3. The highest BCUT2D eigenvalue weighted by Gasteiger charge is 2.26. The third-order valence-corrected chi connectivity index (χ3v) is 6.17. The summed E-state index contributed by atoms with van der Waals surface area (Å²) in [7, 11) is 0. The molecule has 2 heterocycles. The van der Waals surface area contributed by atoms with Crippen molar-refractivity contribution in [2.24, 2.45) is 5.92 Å². The lowest BCUT2D eigenvalue weighted by Crippen LogP contribution is -2.41. The smallest absolute Gasteiger partial charge is 0.223 e. The standard InChI is InChI=1S/C23H26N4OS/c28-22(24-14-11-18-7-3-1-4-8-18)20-12-15-27(16-13-20)23-25-21(26-29-23)17-19-9-5-2-6-10-19/h1-10,20H,11-17H2,(H,24,28). The summed E-state index contributed by atoms with van der Waals surface area (Å²) in [6, 6.07) is 20.6. The van der Waals surface area contributed by atoms with Crippen LogP contribution in [-0.4, -0.2) is 34.9 Å². The monoisotopic (exact) mass is 406 g/mol. The maximum atomic E-state index is 12.5. The zero-order valence-electron chi connectivity index (χ0n) is 16.5. The van der Waals surface area contributed by atoms with Gasteiger partial charge in [-0.2, -0.15) is 4.37 Å². The number of rotatable bonds is 7. The van der Waals surface area contributed by atoms with E-state index in [1.165, 1.54) is 22.7 Å². The molecular formula is C23H26N4OS. The van der Waals surface area contributed by atoms with Crippen molar-refractivity contribution in [1.82, 2.24) is 14.7 Å². The number of hydrogen-bond donors (Lipinski definition) is 1. The van der Waals surface area contributed by atoms with E-state index >= 15 is 0 Å². The van der Waals surface area contributed by atoms with Crippen molar-refractivity contribution in [3.8, 4) is 0 Å². The number of piperidine rings is 1. The largest absolute Gasteiger partial charge is 0.356 e. The average molecular weight is 407 g/mol. The van der Waals surface area contributed by atoms with Crippen LogP contribution in [0.2, 0.25) is 0 Å². The molecule has 1 aliphatic heterocycles. The molecule has 5 nitrogen and oxygen atoms in total. The first-order valence-corrected chi connectivity index (χ1v) is 11.0. The van der Waals surface area contributed by atoms with Gasteiger partial charge in [-0.25, -0.2) is 4.98 Å². The van der Waals surface area contributed by atoms with E-state index in [9.17, 15) is 4.79 Å². The highest BCUT2D eigenvalue weighted by atomic mass is 32.1. The molecule has 1 saturated heterocycles. The Morgan fingerprint density at radius 2 is 1.66 bits per heavy atom. The number of carbonyl (C=O) groups excluding carboxylic acids is 1. The molecule has 0 radical (unpaired) electrons. The molecular weight excluding hydrogens is 380 g/mol. The summed E-state index contributed by atoms with van der Waals surface area (Å²) in [4.78, 5) is 19.5. The number of anilines is 1. The van der Waals surface area contributed by atoms with Crippen LogP contribution in [0.4, 0.5) is 5.13 Å². The van der Waals surface area contributed by atoms with Gasteiger partial charge >= 0.3 is 0 Å². The van der Waals surface area contributed by atoms with Crippen LogP contribution in [0.3, 0.4) is 0 Å². The topological polar surface area (TPSA) is 58.1 Å². The van der Waals surface area contributed by atoms with E-state index in [0.29, 0.717) is 6.54 Å². The Morgan fingerprint density at radius 3 is 2.34 bits per heavy atom. The van der Waals surface area contributed by atoms with E-state index in [1.54, 1.807) is 0 Å². The highest BCUT2D eigenvalue weighted by Crippen LogP contribution is 2.25. The Bertz CT molecular complexity index is 905. The minimum Gasteiger partial charge on any atom is -0.356 e. The third-order valence-electron chi connectivity index (χ3n) is 5.35. The molecule has 1 amide bonds. The normalized spacial score (nSPS) is 14.7. The number of nitrogens with zero attached hydrogens (tertiary/aromatic N) is 3. The first kappa shape index (κ1) is 19.6. The van der Waals surface area contributed by atoms with Crippen molar-refractivity contribution in [2.75, 3.05) is 24.5 Å². The molecule has 0 saturated carbocycles. The van der Waals surface area contributed by atoms with Crippen LogP contribution in [0.15, 0.2) is 60.7 Å². The van der Waals surface area contributed by atoms with Crippen molar-refractivity contribution in [2.45, 2.75) is 25.7 Å². The molecule has 1 aromatic heterocycles. The quantitative estimate of drug-likeness (QED) is 0.650. The highest BCUT2D eigenvalue weighted by molar-refractivity contribution is 7.09. The van der Waals surface area contributed by atoms with Crippen LogP contribution in [0, 0.1) is 5.92 Å². The number of hydrogen-bond acceptors (Lipinski definition) is 5. The molecule has 1 fully saturated rings. The molecule has 150 valence electrons. The van der Waals surface area contributed by atoms with Crippen molar-refractivity contribution in [3.63, 3.8) is 0 Å². The van der Waals surface area contributed by atoms with E-state index in [2.05, 4.69) is 38.9 Å². The van der Waals surface area contributed by atoms with Crippen molar-refractivity contribution < 1.29 is 4.79 Å². The van der Waals surface area contributed by atoms with Crippen LogP contribution in [0.25, 0.3) is 0 Å². The van der Waals surface area contributed by atoms with E-state index in [0.717, 1.165) is 49.7 Å². The van der Waals surface area contributed by atoms with Gasteiger partial charge in [0.05, 0.1) is 0 Å². The summed E-state index contributed by atoms with van der Waals surface area (Å²) in [6.45, 7) is 2.41. The molecule has 1 N–H and O–H groups in total. The summed E-state index contributed by atoms with van der Waals surface area (Å²) in [5.41, 5.74) is 2.48. The van der Waals surface area contributed by atoms with Gasteiger partial charge in [-0.3, -0.25) is 4.79 Å². The summed E-state index contributed by atoms with van der Waals surface area (Å²) < 4.78 is 4.52. The number of benzene rings is 2. The summed E-state index contributed by atoms with van der Waals surface area (Å²) in [5, 5.41) is 4.08. The van der Waals surface area contributed by atoms with E-state index in [1.807, 2.05) is 36.4 Å². The molecule has 2 aromatic carbocycles. The second kappa shape index (κ2) is 9.65. The fourth-order valence-corrected chi connectivity index (χ4v) is 4.41. The second-order valence-electron chi connectivity index (χ2n) is 7.44. The van der Waals surface area contributed by atoms with Crippen LogP contribution < -0.4 is 10.2 Å². The predicted molar refractivity (Wildman–Crippen MR) is 117 cm³/mol. The Hall–Kier alpha value is -2.73. The van der Waals surface area contributed by atoms with Gasteiger partial charge in [0.25, 0.3) is 0 Å². The van der Waals surface area contributed by atoms with E-state index in [-0.39, 0.29) is 11.8 Å². The Labute approximate surface area is 176 Å². The lowest BCUT2D eigenvalue weighted by molar-refractivity contribution is -0.125. The SMILES string of the molecule is O=C(NCCc1ccccc1)C1CCN(c2nc(Cc3ccccc3)ns2)CC1. The lowest BCUT2D eigenvalue weighted by Gasteiger charge is -2.30. The Balaban J connectivity index is 1.22. The minimum atomic E-state index is 0.0960. The maximum absolute atomic E-state index is 12.5. The summed E-state index contributed by atoms with van der Waals surface area (Å²) in [6.07, 6.45) is 3.37. The molecule has 29 heavy (non-hydrogen) atoms. The van der Waals surface area contributed by atoms with Crippen molar-refractivity contribution in [3.05, 3.63) is 77.6 Å². The van der Waals surface area contributed by atoms with Gasteiger partial charge in [0.1, 0.15) is 5.82 Å². The van der Waals surface area contributed by atoms with E-state index in [4.69, 9.17) is 4.98 Å². The fourth-order valence-electron chi connectivity index (χ4n) is 3.68. The third kappa shape index (κ3) is 5.41. The number of amides is 1. The van der Waals surface area contributed by atoms with E-state index < -0.39 is 0 Å².